The van der Waals surface area contributed by atoms with E-state index in [1.165, 1.54) is 6.33 Å². The van der Waals surface area contributed by atoms with Gasteiger partial charge in [0.05, 0.1) is 0 Å². The normalized spacial score (nSPS) is 16.8. The molecule has 1 aromatic heterocycles. The lowest BCUT2D eigenvalue weighted by molar-refractivity contribution is -0.122. The van der Waals surface area contributed by atoms with Gasteiger partial charge in [-0.15, -0.1) is 0 Å². The number of rotatable bonds is 2. The predicted molar refractivity (Wildman–Crippen MR) is 64.2 cm³/mol. The van der Waals surface area contributed by atoms with Crippen molar-refractivity contribution in [2.45, 2.75) is 12.8 Å². The summed E-state index contributed by atoms with van der Waals surface area (Å²) in [6, 6.07) is 0. The number of carbonyl (C=O) groups excluding carboxylic acids is 1. The number of ether oxygens (including phenoxy) is 1. The van der Waals surface area contributed by atoms with Crippen LogP contribution in [0.25, 0.3) is 0 Å². The molecule has 17 heavy (non-hydrogen) atoms. The van der Waals surface area contributed by atoms with Crippen LogP contribution in [-0.2, 0) is 9.53 Å². The number of carbonyl (C=O) groups is 1. The van der Waals surface area contributed by atoms with Crippen molar-refractivity contribution in [3.63, 3.8) is 0 Å². The monoisotopic (exact) mass is 275 g/mol. The second kappa shape index (κ2) is 5.62. The van der Waals surface area contributed by atoms with Crippen LogP contribution in [-0.4, -0.2) is 29.1 Å². The lowest BCUT2D eigenvalue weighted by Crippen LogP contribution is -2.29. The van der Waals surface area contributed by atoms with Gasteiger partial charge in [-0.25, -0.2) is 9.97 Å². The highest BCUT2D eigenvalue weighted by molar-refractivity contribution is 6.42. The summed E-state index contributed by atoms with van der Waals surface area (Å²) >= 11 is 11.6. The molecule has 2 heterocycles. The minimum absolute atomic E-state index is 0.0615. The Morgan fingerprint density at radius 3 is 2.76 bits per heavy atom. The second-order valence-electron chi connectivity index (χ2n) is 3.70. The summed E-state index contributed by atoms with van der Waals surface area (Å²) in [4.78, 5) is 19.5. The summed E-state index contributed by atoms with van der Waals surface area (Å²) in [5.41, 5.74) is 0. The molecule has 1 aromatic rings. The summed E-state index contributed by atoms with van der Waals surface area (Å²) in [6.45, 7) is 1.21. The number of nitrogens with zero attached hydrogens (tertiary/aromatic N) is 2. The van der Waals surface area contributed by atoms with Crippen molar-refractivity contribution >= 4 is 34.9 Å². The first-order chi connectivity index (χ1) is 8.18. The van der Waals surface area contributed by atoms with E-state index in [1.807, 2.05) is 0 Å². The van der Waals surface area contributed by atoms with Crippen molar-refractivity contribution in [2.75, 3.05) is 18.5 Å². The molecule has 1 aliphatic rings. The van der Waals surface area contributed by atoms with Crippen LogP contribution in [0.15, 0.2) is 6.33 Å². The van der Waals surface area contributed by atoms with Crippen LogP contribution in [0, 0.1) is 5.92 Å². The standard InChI is InChI=1S/C10H11Cl2N3O2/c11-7-8(12)13-5-14-9(7)15-10(16)6-1-3-17-4-2-6/h5-6H,1-4H2,(H,13,14,15,16). The average Bonchev–Trinajstić information content (AvgIpc) is 2.36. The van der Waals surface area contributed by atoms with Crippen LogP contribution in [0.4, 0.5) is 5.82 Å². The van der Waals surface area contributed by atoms with Gasteiger partial charge in [0.1, 0.15) is 11.3 Å². The first-order valence-electron chi connectivity index (χ1n) is 5.23. The quantitative estimate of drug-likeness (QED) is 0.840. The molecule has 5 nitrogen and oxygen atoms in total. The van der Waals surface area contributed by atoms with E-state index >= 15 is 0 Å². The highest BCUT2D eigenvalue weighted by Gasteiger charge is 2.22. The minimum Gasteiger partial charge on any atom is -0.381 e. The zero-order valence-electron chi connectivity index (χ0n) is 8.95. The average molecular weight is 276 g/mol. The van der Waals surface area contributed by atoms with Gasteiger partial charge in [0.25, 0.3) is 0 Å². The summed E-state index contributed by atoms with van der Waals surface area (Å²) in [6.07, 6.45) is 2.68. The fraction of sp³-hybridized carbons (Fsp3) is 0.500. The van der Waals surface area contributed by atoms with E-state index < -0.39 is 0 Å². The predicted octanol–water partition coefficient (Wildman–Crippen LogP) is 2.15. The zero-order chi connectivity index (χ0) is 12.3. The Hall–Kier alpha value is -0.910. The van der Waals surface area contributed by atoms with E-state index in [4.69, 9.17) is 27.9 Å². The third-order valence-corrected chi connectivity index (χ3v) is 3.32. The Labute approximate surface area is 108 Å². The van der Waals surface area contributed by atoms with Gasteiger partial charge in [-0.2, -0.15) is 0 Å². The molecule has 0 saturated carbocycles. The van der Waals surface area contributed by atoms with Crippen molar-refractivity contribution in [3.8, 4) is 0 Å². The molecule has 1 saturated heterocycles. The highest BCUT2D eigenvalue weighted by atomic mass is 35.5. The first-order valence-corrected chi connectivity index (χ1v) is 5.98. The van der Waals surface area contributed by atoms with E-state index in [2.05, 4.69) is 15.3 Å². The number of hydrogen-bond donors (Lipinski definition) is 1. The lowest BCUT2D eigenvalue weighted by Gasteiger charge is -2.21. The highest BCUT2D eigenvalue weighted by Crippen LogP contribution is 2.26. The number of hydrogen-bond acceptors (Lipinski definition) is 4. The molecule has 92 valence electrons. The molecule has 0 bridgehead atoms. The SMILES string of the molecule is O=C(Nc1ncnc(Cl)c1Cl)C1CCOCC1. The van der Waals surface area contributed by atoms with Crippen LogP contribution in [0.1, 0.15) is 12.8 Å². The van der Waals surface area contributed by atoms with Crippen molar-refractivity contribution < 1.29 is 9.53 Å². The summed E-state index contributed by atoms with van der Waals surface area (Å²) in [7, 11) is 0. The molecule has 0 atom stereocenters. The molecular weight excluding hydrogens is 265 g/mol. The van der Waals surface area contributed by atoms with Gasteiger partial charge in [0.15, 0.2) is 11.0 Å². The number of amides is 1. The molecular formula is C10H11Cl2N3O2. The van der Waals surface area contributed by atoms with Crippen LogP contribution in [0.3, 0.4) is 0 Å². The Bertz CT molecular complexity index is 422. The van der Waals surface area contributed by atoms with Gasteiger partial charge in [-0.05, 0) is 12.8 Å². The maximum Gasteiger partial charge on any atom is 0.228 e. The third kappa shape index (κ3) is 3.06. The third-order valence-electron chi connectivity index (χ3n) is 2.58. The fourth-order valence-corrected chi connectivity index (χ4v) is 1.89. The number of anilines is 1. The minimum atomic E-state index is -0.107. The molecule has 7 heteroatoms. The zero-order valence-corrected chi connectivity index (χ0v) is 10.5. The van der Waals surface area contributed by atoms with Gasteiger partial charge >= 0.3 is 0 Å². The van der Waals surface area contributed by atoms with E-state index in [0.717, 1.165) is 0 Å². The number of nitrogens with one attached hydrogen (secondary N) is 1. The Kier molecular flexibility index (Phi) is 4.15. The van der Waals surface area contributed by atoms with E-state index in [9.17, 15) is 4.79 Å². The molecule has 0 aliphatic carbocycles. The van der Waals surface area contributed by atoms with Crippen molar-refractivity contribution in [2.24, 2.45) is 5.92 Å². The van der Waals surface area contributed by atoms with Gasteiger partial charge in [-0.1, -0.05) is 23.2 Å². The first kappa shape index (κ1) is 12.5. The second-order valence-corrected chi connectivity index (χ2v) is 4.44. The summed E-state index contributed by atoms with van der Waals surface area (Å²) in [5, 5.41) is 2.95. The van der Waals surface area contributed by atoms with Gasteiger partial charge in [0, 0.05) is 19.1 Å². The molecule has 1 amide bonds. The maximum absolute atomic E-state index is 11.9. The topological polar surface area (TPSA) is 64.1 Å². The molecule has 0 aromatic carbocycles. The van der Waals surface area contributed by atoms with Crippen LogP contribution in [0.2, 0.25) is 10.2 Å². The molecule has 1 fully saturated rings. The summed E-state index contributed by atoms with van der Waals surface area (Å²) < 4.78 is 5.19. The Balaban J connectivity index is 2.04. The maximum atomic E-state index is 11.9. The van der Waals surface area contributed by atoms with Crippen LogP contribution in [0.5, 0.6) is 0 Å². The fourth-order valence-electron chi connectivity index (χ4n) is 1.61. The van der Waals surface area contributed by atoms with E-state index in [0.29, 0.717) is 26.1 Å². The molecule has 1 N–H and O–H groups in total. The molecule has 1 aliphatic heterocycles. The van der Waals surface area contributed by atoms with Gasteiger partial charge < -0.3 is 10.1 Å². The van der Waals surface area contributed by atoms with Crippen molar-refractivity contribution in [1.82, 2.24) is 9.97 Å². The number of halogens is 2. The summed E-state index contributed by atoms with van der Waals surface area (Å²) in [5.74, 6) is 0.0849. The number of aromatic nitrogens is 2. The Morgan fingerprint density at radius 1 is 1.35 bits per heavy atom. The van der Waals surface area contributed by atoms with E-state index in [1.54, 1.807) is 0 Å². The molecule has 0 spiro atoms. The van der Waals surface area contributed by atoms with E-state index in [-0.39, 0.29) is 27.8 Å². The Morgan fingerprint density at radius 2 is 2.06 bits per heavy atom. The lowest BCUT2D eigenvalue weighted by atomic mass is 9.99. The smallest absolute Gasteiger partial charge is 0.228 e. The molecule has 0 radical (unpaired) electrons. The molecule has 0 unspecified atom stereocenters. The molecule has 2 rings (SSSR count). The largest absolute Gasteiger partial charge is 0.381 e. The van der Waals surface area contributed by atoms with Crippen molar-refractivity contribution in [1.29, 1.82) is 0 Å². The van der Waals surface area contributed by atoms with Gasteiger partial charge in [0.2, 0.25) is 5.91 Å². The van der Waals surface area contributed by atoms with Crippen LogP contribution >= 0.6 is 23.2 Å². The van der Waals surface area contributed by atoms with Crippen LogP contribution < -0.4 is 5.32 Å². The van der Waals surface area contributed by atoms with Crippen molar-refractivity contribution in [3.05, 3.63) is 16.5 Å². The van der Waals surface area contributed by atoms with Gasteiger partial charge in [-0.3, -0.25) is 4.79 Å².